The summed E-state index contributed by atoms with van der Waals surface area (Å²) in [5, 5.41) is 0. The Morgan fingerprint density at radius 1 is 1.32 bits per heavy atom. The molecule has 0 aliphatic rings. The van der Waals surface area contributed by atoms with Gasteiger partial charge in [0.2, 0.25) is 5.89 Å². The van der Waals surface area contributed by atoms with E-state index in [-0.39, 0.29) is 0 Å². The summed E-state index contributed by atoms with van der Waals surface area (Å²) in [7, 11) is 1.60. The summed E-state index contributed by atoms with van der Waals surface area (Å²) in [6, 6.07) is 5.57. The molecule has 4 nitrogen and oxygen atoms in total. The van der Waals surface area contributed by atoms with E-state index in [4.69, 9.17) is 25.5 Å². The van der Waals surface area contributed by atoms with Crippen molar-refractivity contribution in [1.29, 1.82) is 0 Å². The van der Waals surface area contributed by atoms with Crippen molar-refractivity contribution in [2.24, 2.45) is 0 Å². The number of ether oxygens (including phenoxy) is 2. The van der Waals surface area contributed by atoms with Gasteiger partial charge >= 0.3 is 0 Å². The van der Waals surface area contributed by atoms with E-state index in [9.17, 15) is 0 Å². The van der Waals surface area contributed by atoms with Crippen molar-refractivity contribution in [2.45, 2.75) is 19.7 Å². The molecule has 1 aromatic carbocycles. The van der Waals surface area contributed by atoms with Crippen LogP contribution < -0.4 is 9.47 Å². The largest absolute Gasteiger partial charge is 0.493 e. The van der Waals surface area contributed by atoms with Crippen LogP contribution in [0.15, 0.2) is 22.6 Å². The van der Waals surface area contributed by atoms with Crippen LogP contribution in [0.3, 0.4) is 0 Å². The predicted molar refractivity (Wildman–Crippen MR) is 74.0 cm³/mol. The molecule has 0 atom stereocenters. The summed E-state index contributed by atoms with van der Waals surface area (Å²) >= 11 is 5.79. The van der Waals surface area contributed by atoms with E-state index in [2.05, 4.69) is 4.98 Å². The first-order valence-corrected chi connectivity index (χ1v) is 6.56. The Balaban J connectivity index is 2.39. The smallest absolute Gasteiger partial charge is 0.226 e. The average Bonchev–Trinajstić information content (AvgIpc) is 2.80. The minimum absolute atomic E-state index is 0.337. The molecule has 0 spiro atoms. The second kappa shape index (κ2) is 5.97. The molecular weight excluding hydrogens is 266 g/mol. The van der Waals surface area contributed by atoms with Gasteiger partial charge in [-0.2, -0.15) is 0 Å². The second-order valence-corrected chi connectivity index (χ2v) is 4.22. The molecule has 0 unspecified atom stereocenters. The van der Waals surface area contributed by atoms with Crippen LogP contribution in [-0.2, 0) is 5.88 Å². The molecule has 2 aromatic rings. The van der Waals surface area contributed by atoms with Crippen LogP contribution >= 0.6 is 11.6 Å². The normalized spacial score (nSPS) is 10.5. The summed E-state index contributed by atoms with van der Waals surface area (Å²) < 4.78 is 16.4. The molecule has 0 radical (unpaired) electrons. The lowest BCUT2D eigenvalue weighted by molar-refractivity contribution is 0.311. The van der Waals surface area contributed by atoms with Crippen molar-refractivity contribution in [3.8, 4) is 23.0 Å². The van der Waals surface area contributed by atoms with Crippen LogP contribution in [0.2, 0.25) is 0 Å². The lowest BCUT2D eigenvalue weighted by Crippen LogP contribution is -1.95. The number of alkyl halides is 1. The van der Waals surface area contributed by atoms with Gasteiger partial charge in [0, 0.05) is 5.56 Å². The Kier molecular flexibility index (Phi) is 4.32. The predicted octanol–water partition coefficient (Wildman–Crippen LogP) is 3.80. The number of aryl methyl sites for hydroxylation is 1. The highest BCUT2D eigenvalue weighted by Crippen LogP contribution is 2.33. The van der Waals surface area contributed by atoms with Gasteiger partial charge in [-0.05, 0) is 32.0 Å². The minimum atomic E-state index is 0.337. The van der Waals surface area contributed by atoms with Gasteiger partial charge in [0.1, 0.15) is 5.76 Å². The number of halogens is 1. The van der Waals surface area contributed by atoms with Gasteiger partial charge in [0.25, 0.3) is 0 Å². The van der Waals surface area contributed by atoms with Gasteiger partial charge in [-0.1, -0.05) is 0 Å². The Labute approximate surface area is 117 Å². The summed E-state index contributed by atoms with van der Waals surface area (Å²) in [6.07, 6.45) is 0. The Hall–Kier alpha value is -1.68. The van der Waals surface area contributed by atoms with E-state index in [1.807, 2.05) is 32.0 Å². The van der Waals surface area contributed by atoms with Gasteiger partial charge in [0.15, 0.2) is 11.5 Å². The van der Waals surface area contributed by atoms with Crippen molar-refractivity contribution in [2.75, 3.05) is 13.7 Å². The highest BCUT2D eigenvalue weighted by atomic mass is 35.5. The number of aromatic nitrogens is 1. The van der Waals surface area contributed by atoms with Crippen molar-refractivity contribution in [3.05, 3.63) is 29.7 Å². The average molecular weight is 282 g/mol. The lowest BCUT2D eigenvalue weighted by Gasteiger charge is -2.09. The number of rotatable bonds is 5. The fourth-order valence-corrected chi connectivity index (χ4v) is 2.00. The maximum absolute atomic E-state index is 5.79. The molecule has 0 amide bonds. The number of benzene rings is 1. The molecule has 0 aliphatic carbocycles. The maximum Gasteiger partial charge on any atom is 0.226 e. The monoisotopic (exact) mass is 281 g/mol. The molecule has 0 N–H and O–H groups in total. The molecule has 19 heavy (non-hydrogen) atoms. The van der Waals surface area contributed by atoms with Gasteiger partial charge in [-0.15, -0.1) is 11.6 Å². The standard InChI is InChI=1S/C14H16ClNO3/c1-4-18-12-6-5-10(7-13(12)17-3)14-16-11(8-15)9(2)19-14/h5-7H,4,8H2,1-3H3. The SMILES string of the molecule is CCOc1ccc(-c2nc(CCl)c(C)o2)cc1OC. The highest BCUT2D eigenvalue weighted by molar-refractivity contribution is 6.16. The topological polar surface area (TPSA) is 44.5 Å². The molecule has 0 bridgehead atoms. The first-order chi connectivity index (χ1) is 9.19. The second-order valence-electron chi connectivity index (χ2n) is 3.95. The Morgan fingerprint density at radius 3 is 2.68 bits per heavy atom. The number of nitrogens with zero attached hydrogens (tertiary/aromatic N) is 1. The lowest BCUT2D eigenvalue weighted by atomic mass is 10.2. The summed E-state index contributed by atoms with van der Waals surface area (Å²) in [4.78, 5) is 4.35. The van der Waals surface area contributed by atoms with E-state index in [1.165, 1.54) is 0 Å². The number of methoxy groups -OCH3 is 1. The third-order valence-electron chi connectivity index (χ3n) is 2.73. The molecule has 0 saturated carbocycles. The highest BCUT2D eigenvalue weighted by Gasteiger charge is 2.13. The van der Waals surface area contributed by atoms with Crippen LogP contribution in [0.25, 0.3) is 11.5 Å². The van der Waals surface area contributed by atoms with Gasteiger partial charge in [-0.3, -0.25) is 0 Å². The summed E-state index contributed by atoms with van der Waals surface area (Å²) in [6.45, 7) is 4.36. The third-order valence-corrected chi connectivity index (χ3v) is 2.98. The quantitative estimate of drug-likeness (QED) is 0.782. The van der Waals surface area contributed by atoms with Gasteiger partial charge in [0.05, 0.1) is 25.3 Å². The van der Waals surface area contributed by atoms with Crippen LogP contribution in [-0.4, -0.2) is 18.7 Å². The number of oxazole rings is 1. The fraction of sp³-hybridized carbons (Fsp3) is 0.357. The molecule has 1 heterocycles. The molecule has 0 aliphatic heterocycles. The van der Waals surface area contributed by atoms with E-state index in [0.717, 1.165) is 17.0 Å². The van der Waals surface area contributed by atoms with E-state index in [0.29, 0.717) is 29.9 Å². The zero-order chi connectivity index (χ0) is 13.8. The van der Waals surface area contributed by atoms with Gasteiger partial charge in [-0.25, -0.2) is 4.98 Å². The van der Waals surface area contributed by atoms with Crippen LogP contribution in [0.1, 0.15) is 18.4 Å². The molecular formula is C14H16ClNO3. The number of hydrogen-bond donors (Lipinski definition) is 0. The molecule has 1 aromatic heterocycles. The summed E-state index contributed by atoms with van der Waals surface area (Å²) in [5.41, 5.74) is 1.59. The first kappa shape index (κ1) is 13.7. The molecule has 0 fully saturated rings. The van der Waals surface area contributed by atoms with E-state index in [1.54, 1.807) is 7.11 Å². The minimum Gasteiger partial charge on any atom is -0.493 e. The van der Waals surface area contributed by atoms with Crippen molar-refractivity contribution < 1.29 is 13.9 Å². The Bertz CT molecular complexity index is 566. The Morgan fingerprint density at radius 2 is 2.11 bits per heavy atom. The van der Waals surface area contributed by atoms with Crippen molar-refractivity contribution >= 4 is 11.6 Å². The molecule has 0 saturated heterocycles. The first-order valence-electron chi connectivity index (χ1n) is 6.03. The fourth-order valence-electron chi connectivity index (χ4n) is 1.75. The molecule has 102 valence electrons. The van der Waals surface area contributed by atoms with Crippen LogP contribution in [0, 0.1) is 6.92 Å². The van der Waals surface area contributed by atoms with Crippen LogP contribution in [0.5, 0.6) is 11.5 Å². The van der Waals surface area contributed by atoms with Gasteiger partial charge < -0.3 is 13.9 Å². The zero-order valence-corrected chi connectivity index (χ0v) is 12.0. The number of hydrogen-bond acceptors (Lipinski definition) is 4. The maximum atomic E-state index is 5.79. The molecule has 5 heteroatoms. The van der Waals surface area contributed by atoms with Crippen molar-refractivity contribution in [3.63, 3.8) is 0 Å². The summed E-state index contributed by atoms with van der Waals surface area (Å²) in [5.74, 6) is 2.97. The zero-order valence-electron chi connectivity index (χ0n) is 11.2. The third kappa shape index (κ3) is 2.84. The van der Waals surface area contributed by atoms with E-state index >= 15 is 0 Å². The van der Waals surface area contributed by atoms with E-state index < -0.39 is 0 Å². The van der Waals surface area contributed by atoms with Crippen molar-refractivity contribution in [1.82, 2.24) is 4.98 Å². The van der Waals surface area contributed by atoms with Crippen LogP contribution in [0.4, 0.5) is 0 Å². The molecule has 2 rings (SSSR count).